The third-order valence-corrected chi connectivity index (χ3v) is 3.75. The Kier molecular flexibility index (Phi) is 3.56. The van der Waals surface area contributed by atoms with Gasteiger partial charge in [-0.05, 0) is 47.5 Å². The predicted molar refractivity (Wildman–Crippen MR) is 81.0 cm³/mol. The molecule has 0 spiro atoms. The van der Waals surface area contributed by atoms with E-state index in [4.69, 9.17) is 11.6 Å². The zero-order chi connectivity index (χ0) is 13.1. The van der Waals surface area contributed by atoms with Crippen LogP contribution in [0.4, 0.5) is 0 Å². The van der Waals surface area contributed by atoms with Gasteiger partial charge in [-0.25, -0.2) is 0 Å². The van der Waals surface area contributed by atoms with Crippen LogP contribution in [0.3, 0.4) is 0 Å². The highest BCUT2D eigenvalue weighted by Crippen LogP contribution is 2.19. The van der Waals surface area contributed by atoms with Crippen molar-refractivity contribution in [1.29, 1.82) is 0 Å². The molecule has 2 aromatic rings. The average Bonchev–Trinajstić information content (AvgIpc) is 2.46. The minimum absolute atomic E-state index is 0.801. The maximum absolute atomic E-state index is 5.90. The maximum atomic E-state index is 5.90. The smallest absolute Gasteiger partial charge is 0.0430 e. The number of fused-ring (bicyclic) bond motifs is 1. The Bertz CT molecular complexity index is 586. The van der Waals surface area contributed by atoms with Gasteiger partial charge in [0, 0.05) is 18.1 Å². The molecule has 0 aromatic heterocycles. The van der Waals surface area contributed by atoms with Gasteiger partial charge in [-0.1, -0.05) is 48.0 Å². The van der Waals surface area contributed by atoms with E-state index in [1.54, 1.807) is 0 Å². The molecule has 3 rings (SSSR count). The van der Waals surface area contributed by atoms with E-state index in [1.807, 2.05) is 12.1 Å². The summed E-state index contributed by atoms with van der Waals surface area (Å²) in [5.41, 5.74) is 4.07. The Morgan fingerprint density at radius 2 is 1.79 bits per heavy atom. The lowest BCUT2D eigenvalue weighted by Crippen LogP contribution is -2.22. The topological polar surface area (TPSA) is 3.24 Å². The second-order valence-electron chi connectivity index (χ2n) is 4.86. The second-order valence-corrected chi connectivity index (χ2v) is 5.30. The van der Waals surface area contributed by atoms with Crippen molar-refractivity contribution < 1.29 is 0 Å². The lowest BCUT2D eigenvalue weighted by atomic mass is 10.0. The van der Waals surface area contributed by atoms with Gasteiger partial charge in [0.25, 0.3) is 0 Å². The van der Waals surface area contributed by atoms with Crippen LogP contribution in [0.2, 0.25) is 5.02 Å². The molecule has 0 fully saturated rings. The molecule has 1 aliphatic rings. The van der Waals surface area contributed by atoms with Gasteiger partial charge in [-0.3, -0.25) is 0 Å². The lowest BCUT2D eigenvalue weighted by Gasteiger charge is -2.25. The Labute approximate surface area is 119 Å². The van der Waals surface area contributed by atoms with Gasteiger partial charge >= 0.3 is 0 Å². The van der Waals surface area contributed by atoms with Gasteiger partial charge in [-0.2, -0.15) is 0 Å². The minimum atomic E-state index is 0.801. The monoisotopic (exact) mass is 269 g/mol. The first-order chi connectivity index (χ1) is 9.31. The Hall–Kier alpha value is -1.73. The van der Waals surface area contributed by atoms with E-state index < -0.39 is 0 Å². The molecule has 2 heteroatoms. The van der Waals surface area contributed by atoms with Crippen molar-refractivity contribution in [2.75, 3.05) is 6.54 Å². The summed E-state index contributed by atoms with van der Waals surface area (Å²) >= 11 is 5.90. The van der Waals surface area contributed by atoms with E-state index in [-0.39, 0.29) is 0 Å². The van der Waals surface area contributed by atoms with Gasteiger partial charge in [0.15, 0.2) is 0 Å². The zero-order valence-electron chi connectivity index (χ0n) is 10.7. The van der Waals surface area contributed by atoms with Crippen LogP contribution in [0.25, 0.3) is 6.08 Å². The number of hydrogen-bond acceptors (Lipinski definition) is 1. The molecule has 0 atom stereocenters. The van der Waals surface area contributed by atoms with E-state index in [0.29, 0.717) is 0 Å². The summed E-state index contributed by atoms with van der Waals surface area (Å²) in [5, 5.41) is 0.801. The first-order valence-corrected chi connectivity index (χ1v) is 6.94. The van der Waals surface area contributed by atoms with Gasteiger partial charge < -0.3 is 4.90 Å². The average molecular weight is 270 g/mol. The molecule has 0 saturated carbocycles. The SMILES string of the molecule is Clc1ccc(CCN2C=Cc3ccccc3C2)cc1. The molecule has 0 bridgehead atoms. The molecule has 0 N–H and O–H groups in total. The summed E-state index contributed by atoms with van der Waals surface area (Å²) in [4.78, 5) is 2.36. The molecule has 1 nitrogen and oxygen atoms in total. The Balaban J connectivity index is 1.62. The van der Waals surface area contributed by atoms with Gasteiger partial charge in [-0.15, -0.1) is 0 Å². The van der Waals surface area contributed by atoms with Gasteiger partial charge in [0.1, 0.15) is 0 Å². The molecular formula is C17H16ClN. The quantitative estimate of drug-likeness (QED) is 0.800. The molecule has 0 saturated heterocycles. The van der Waals surface area contributed by atoms with Crippen LogP contribution in [-0.4, -0.2) is 11.4 Å². The van der Waals surface area contributed by atoms with Crippen molar-refractivity contribution in [3.8, 4) is 0 Å². The Morgan fingerprint density at radius 3 is 2.63 bits per heavy atom. The van der Waals surface area contributed by atoms with E-state index in [9.17, 15) is 0 Å². The zero-order valence-corrected chi connectivity index (χ0v) is 11.5. The summed E-state index contributed by atoms with van der Waals surface area (Å²) in [6, 6.07) is 16.7. The summed E-state index contributed by atoms with van der Waals surface area (Å²) in [5.74, 6) is 0. The summed E-state index contributed by atoms with van der Waals surface area (Å²) in [6.45, 7) is 2.03. The highest BCUT2D eigenvalue weighted by Gasteiger charge is 2.09. The second kappa shape index (κ2) is 5.50. The fourth-order valence-electron chi connectivity index (χ4n) is 2.38. The normalized spacial score (nSPS) is 13.4. The van der Waals surface area contributed by atoms with Gasteiger partial charge in [0.05, 0.1) is 0 Å². The van der Waals surface area contributed by atoms with Crippen LogP contribution in [0, 0.1) is 0 Å². The summed E-state index contributed by atoms with van der Waals surface area (Å²) < 4.78 is 0. The number of benzene rings is 2. The molecule has 2 aromatic carbocycles. The van der Waals surface area contributed by atoms with E-state index in [0.717, 1.165) is 24.5 Å². The molecule has 0 radical (unpaired) electrons. The third-order valence-electron chi connectivity index (χ3n) is 3.49. The maximum Gasteiger partial charge on any atom is 0.0430 e. The first kappa shape index (κ1) is 12.3. The van der Waals surface area contributed by atoms with Crippen LogP contribution in [0.15, 0.2) is 54.7 Å². The van der Waals surface area contributed by atoms with Crippen LogP contribution >= 0.6 is 11.6 Å². The summed E-state index contributed by atoms with van der Waals surface area (Å²) in [7, 11) is 0. The van der Waals surface area contributed by atoms with Crippen LogP contribution < -0.4 is 0 Å². The molecule has 1 heterocycles. The molecular weight excluding hydrogens is 254 g/mol. The van der Waals surface area contributed by atoms with E-state index in [2.05, 4.69) is 53.6 Å². The fourth-order valence-corrected chi connectivity index (χ4v) is 2.50. The van der Waals surface area contributed by atoms with Crippen LogP contribution in [0.5, 0.6) is 0 Å². The molecule has 0 amide bonds. The molecule has 0 unspecified atom stereocenters. The molecule has 19 heavy (non-hydrogen) atoms. The van der Waals surface area contributed by atoms with Gasteiger partial charge in [0.2, 0.25) is 0 Å². The third kappa shape index (κ3) is 2.99. The molecule has 1 aliphatic heterocycles. The molecule has 96 valence electrons. The van der Waals surface area contributed by atoms with Crippen molar-refractivity contribution in [3.63, 3.8) is 0 Å². The van der Waals surface area contributed by atoms with Crippen LogP contribution in [0.1, 0.15) is 16.7 Å². The van der Waals surface area contributed by atoms with Crippen molar-refractivity contribution in [2.24, 2.45) is 0 Å². The summed E-state index contributed by atoms with van der Waals surface area (Å²) in [6.07, 6.45) is 5.43. The Morgan fingerprint density at radius 1 is 1.00 bits per heavy atom. The number of nitrogens with zero attached hydrogens (tertiary/aromatic N) is 1. The van der Waals surface area contributed by atoms with Crippen molar-refractivity contribution >= 4 is 17.7 Å². The largest absolute Gasteiger partial charge is 0.373 e. The number of rotatable bonds is 3. The lowest BCUT2D eigenvalue weighted by molar-refractivity contribution is 0.371. The minimum Gasteiger partial charge on any atom is -0.373 e. The van der Waals surface area contributed by atoms with E-state index in [1.165, 1.54) is 16.7 Å². The standard InChI is InChI=1S/C17H16ClN/c18-17-7-5-14(6-8-17)9-11-19-12-10-15-3-1-2-4-16(15)13-19/h1-8,10,12H,9,11,13H2. The first-order valence-electron chi connectivity index (χ1n) is 6.56. The highest BCUT2D eigenvalue weighted by molar-refractivity contribution is 6.30. The predicted octanol–water partition coefficient (Wildman–Crippen LogP) is 4.37. The fraction of sp³-hybridized carbons (Fsp3) is 0.176. The number of hydrogen-bond donors (Lipinski definition) is 0. The highest BCUT2D eigenvalue weighted by atomic mass is 35.5. The number of halogens is 1. The van der Waals surface area contributed by atoms with E-state index >= 15 is 0 Å². The van der Waals surface area contributed by atoms with Crippen molar-refractivity contribution in [2.45, 2.75) is 13.0 Å². The molecule has 0 aliphatic carbocycles. The van der Waals surface area contributed by atoms with Crippen LogP contribution in [-0.2, 0) is 13.0 Å². The van der Waals surface area contributed by atoms with Crippen molar-refractivity contribution in [3.05, 3.63) is 76.4 Å². The van der Waals surface area contributed by atoms with Crippen molar-refractivity contribution in [1.82, 2.24) is 4.90 Å².